The van der Waals surface area contributed by atoms with E-state index < -0.39 is 0 Å². The standard InChI is InChI=1S/C24H24ClNO2/c1-17-8-6-7-9-19(17)14-15-28-23-13-12-21(25)16-22(23)24(27)26-18(2)20-10-4-3-5-11-20/h3-13,16,18H,14-15H2,1-2H3,(H,26,27)/t18-/m0/s1. The number of aryl methyl sites for hydroxylation is 1. The van der Waals surface area contributed by atoms with Crippen molar-refractivity contribution in [3.8, 4) is 5.75 Å². The van der Waals surface area contributed by atoms with Gasteiger partial charge in [0.05, 0.1) is 18.2 Å². The summed E-state index contributed by atoms with van der Waals surface area (Å²) in [5.41, 5.74) is 3.96. The number of carbonyl (C=O) groups excluding carboxylic acids is 1. The van der Waals surface area contributed by atoms with Crippen molar-refractivity contribution in [2.75, 3.05) is 6.61 Å². The van der Waals surface area contributed by atoms with E-state index in [2.05, 4.69) is 24.4 Å². The lowest BCUT2D eigenvalue weighted by Crippen LogP contribution is -2.27. The molecule has 4 heteroatoms. The molecule has 0 spiro atoms. The van der Waals surface area contributed by atoms with E-state index >= 15 is 0 Å². The van der Waals surface area contributed by atoms with Gasteiger partial charge in [-0.05, 0) is 48.7 Å². The normalized spacial score (nSPS) is 11.7. The molecule has 0 saturated carbocycles. The van der Waals surface area contributed by atoms with Gasteiger partial charge < -0.3 is 10.1 Å². The quantitative estimate of drug-likeness (QED) is 0.554. The number of carbonyl (C=O) groups is 1. The lowest BCUT2D eigenvalue weighted by atomic mass is 10.1. The van der Waals surface area contributed by atoms with Gasteiger partial charge in [-0.3, -0.25) is 4.79 Å². The molecule has 0 bridgehead atoms. The van der Waals surface area contributed by atoms with Gasteiger partial charge in [0.1, 0.15) is 5.75 Å². The van der Waals surface area contributed by atoms with E-state index in [1.165, 1.54) is 11.1 Å². The second-order valence-electron chi connectivity index (χ2n) is 6.77. The van der Waals surface area contributed by atoms with Crippen molar-refractivity contribution in [3.63, 3.8) is 0 Å². The van der Waals surface area contributed by atoms with Crippen LogP contribution in [0.4, 0.5) is 0 Å². The Morgan fingerprint density at radius 1 is 1.04 bits per heavy atom. The topological polar surface area (TPSA) is 38.3 Å². The Morgan fingerprint density at radius 3 is 2.50 bits per heavy atom. The van der Waals surface area contributed by atoms with Crippen LogP contribution in [0.2, 0.25) is 5.02 Å². The summed E-state index contributed by atoms with van der Waals surface area (Å²) >= 11 is 6.13. The molecule has 3 aromatic carbocycles. The minimum Gasteiger partial charge on any atom is -0.492 e. The molecule has 1 atom stereocenters. The van der Waals surface area contributed by atoms with Crippen LogP contribution in [0, 0.1) is 6.92 Å². The molecule has 0 aliphatic rings. The molecular weight excluding hydrogens is 370 g/mol. The molecule has 0 unspecified atom stereocenters. The molecule has 3 nitrogen and oxygen atoms in total. The first kappa shape index (κ1) is 20.0. The van der Waals surface area contributed by atoms with E-state index in [9.17, 15) is 4.79 Å². The number of rotatable bonds is 7. The van der Waals surface area contributed by atoms with E-state index in [-0.39, 0.29) is 11.9 Å². The van der Waals surface area contributed by atoms with Gasteiger partial charge in [-0.25, -0.2) is 0 Å². The second-order valence-corrected chi connectivity index (χ2v) is 7.21. The third-order valence-electron chi connectivity index (χ3n) is 4.72. The molecule has 0 aromatic heterocycles. The van der Waals surface area contributed by atoms with Crippen LogP contribution in [0.3, 0.4) is 0 Å². The maximum absolute atomic E-state index is 12.8. The van der Waals surface area contributed by atoms with Crippen LogP contribution in [0.1, 0.15) is 40.0 Å². The number of benzene rings is 3. The first-order chi connectivity index (χ1) is 13.5. The summed E-state index contributed by atoms with van der Waals surface area (Å²) in [5.74, 6) is 0.334. The first-order valence-electron chi connectivity index (χ1n) is 9.37. The van der Waals surface area contributed by atoms with Crippen LogP contribution < -0.4 is 10.1 Å². The van der Waals surface area contributed by atoms with Crippen molar-refractivity contribution in [1.29, 1.82) is 0 Å². The second kappa shape index (κ2) is 9.43. The zero-order valence-electron chi connectivity index (χ0n) is 16.1. The molecular formula is C24H24ClNO2. The van der Waals surface area contributed by atoms with E-state index in [4.69, 9.17) is 16.3 Å². The number of hydrogen-bond donors (Lipinski definition) is 1. The predicted octanol–water partition coefficient (Wildman–Crippen LogP) is 5.76. The minimum atomic E-state index is -0.204. The van der Waals surface area contributed by atoms with Crippen LogP contribution in [-0.4, -0.2) is 12.5 Å². The smallest absolute Gasteiger partial charge is 0.255 e. The summed E-state index contributed by atoms with van der Waals surface area (Å²) in [4.78, 5) is 12.8. The van der Waals surface area contributed by atoms with Crippen molar-refractivity contribution < 1.29 is 9.53 Å². The van der Waals surface area contributed by atoms with Crippen LogP contribution >= 0.6 is 11.6 Å². The first-order valence-corrected chi connectivity index (χ1v) is 9.75. The molecule has 1 N–H and O–H groups in total. The summed E-state index contributed by atoms with van der Waals surface area (Å²) < 4.78 is 5.94. The highest BCUT2D eigenvalue weighted by Gasteiger charge is 2.16. The average molecular weight is 394 g/mol. The van der Waals surface area contributed by atoms with E-state index in [0.717, 1.165) is 12.0 Å². The molecule has 0 radical (unpaired) electrons. The predicted molar refractivity (Wildman–Crippen MR) is 114 cm³/mol. The highest BCUT2D eigenvalue weighted by molar-refractivity contribution is 6.31. The number of amides is 1. The molecule has 0 aliphatic carbocycles. The lowest BCUT2D eigenvalue weighted by Gasteiger charge is -2.17. The van der Waals surface area contributed by atoms with Gasteiger partial charge in [0.2, 0.25) is 0 Å². The third kappa shape index (κ3) is 5.14. The van der Waals surface area contributed by atoms with E-state index in [0.29, 0.717) is 22.9 Å². The average Bonchev–Trinajstić information content (AvgIpc) is 2.71. The van der Waals surface area contributed by atoms with Gasteiger partial charge in [-0.1, -0.05) is 66.2 Å². The monoisotopic (exact) mass is 393 g/mol. The number of halogens is 1. The Hall–Kier alpha value is -2.78. The van der Waals surface area contributed by atoms with Gasteiger partial charge in [-0.15, -0.1) is 0 Å². The van der Waals surface area contributed by atoms with Gasteiger partial charge in [0.25, 0.3) is 5.91 Å². The van der Waals surface area contributed by atoms with Gasteiger partial charge in [0.15, 0.2) is 0 Å². The van der Waals surface area contributed by atoms with E-state index in [1.54, 1.807) is 18.2 Å². The molecule has 0 heterocycles. The summed E-state index contributed by atoms with van der Waals surface area (Å²) in [6.45, 7) is 4.53. The van der Waals surface area contributed by atoms with E-state index in [1.807, 2.05) is 49.4 Å². The van der Waals surface area contributed by atoms with Crippen LogP contribution in [0.15, 0.2) is 72.8 Å². The van der Waals surface area contributed by atoms with Crippen molar-refractivity contribution in [2.24, 2.45) is 0 Å². The molecule has 28 heavy (non-hydrogen) atoms. The molecule has 3 aromatic rings. The molecule has 1 amide bonds. The largest absolute Gasteiger partial charge is 0.492 e. The number of hydrogen-bond acceptors (Lipinski definition) is 2. The lowest BCUT2D eigenvalue weighted by molar-refractivity contribution is 0.0936. The maximum Gasteiger partial charge on any atom is 0.255 e. The molecule has 3 rings (SSSR count). The molecule has 0 aliphatic heterocycles. The Bertz CT molecular complexity index is 940. The minimum absolute atomic E-state index is 0.118. The van der Waals surface area contributed by atoms with Crippen LogP contribution in [0.5, 0.6) is 5.75 Å². The van der Waals surface area contributed by atoms with Crippen molar-refractivity contribution in [1.82, 2.24) is 5.32 Å². The summed E-state index contributed by atoms with van der Waals surface area (Å²) in [6, 6.07) is 23.1. The Balaban J connectivity index is 1.69. The van der Waals surface area contributed by atoms with Crippen LogP contribution in [-0.2, 0) is 6.42 Å². The number of ether oxygens (including phenoxy) is 1. The molecule has 144 valence electrons. The van der Waals surface area contributed by atoms with Gasteiger partial charge in [0, 0.05) is 11.4 Å². The fraction of sp³-hybridized carbons (Fsp3) is 0.208. The SMILES string of the molecule is Cc1ccccc1CCOc1ccc(Cl)cc1C(=O)N[C@@H](C)c1ccccc1. The zero-order valence-corrected chi connectivity index (χ0v) is 16.9. The van der Waals surface area contributed by atoms with Crippen molar-refractivity contribution >= 4 is 17.5 Å². The highest BCUT2D eigenvalue weighted by atomic mass is 35.5. The zero-order chi connectivity index (χ0) is 19.9. The summed E-state index contributed by atoms with van der Waals surface area (Å²) in [5, 5.41) is 3.52. The van der Waals surface area contributed by atoms with Gasteiger partial charge >= 0.3 is 0 Å². The Kier molecular flexibility index (Phi) is 6.72. The molecule has 0 saturated heterocycles. The third-order valence-corrected chi connectivity index (χ3v) is 4.96. The number of nitrogens with one attached hydrogen (secondary N) is 1. The Morgan fingerprint density at radius 2 is 1.75 bits per heavy atom. The van der Waals surface area contributed by atoms with Crippen molar-refractivity contribution in [2.45, 2.75) is 26.3 Å². The maximum atomic E-state index is 12.8. The summed E-state index contributed by atoms with van der Waals surface area (Å²) in [7, 11) is 0. The fourth-order valence-corrected chi connectivity index (χ4v) is 3.24. The van der Waals surface area contributed by atoms with Crippen molar-refractivity contribution in [3.05, 3.63) is 100 Å². The van der Waals surface area contributed by atoms with Crippen LogP contribution in [0.25, 0.3) is 0 Å². The van der Waals surface area contributed by atoms with Gasteiger partial charge in [-0.2, -0.15) is 0 Å². The Labute approximate surface area is 171 Å². The fourth-order valence-electron chi connectivity index (χ4n) is 3.07. The molecule has 0 fully saturated rings. The highest BCUT2D eigenvalue weighted by Crippen LogP contribution is 2.24. The summed E-state index contributed by atoms with van der Waals surface area (Å²) in [6.07, 6.45) is 0.775.